The highest BCUT2D eigenvalue weighted by Crippen LogP contribution is 2.27. The molecule has 1 aliphatic rings. The lowest BCUT2D eigenvalue weighted by molar-refractivity contribution is 0.578. The smallest absolute Gasteiger partial charge is 0.135 e. The first-order valence-corrected chi connectivity index (χ1v) is 8.48. The van der Waals surface area contributed by atoms with Crippen LogP contribution < -0.4 is 10.6 Å². The summed E-state index contributed by atoms with van der Waals surface area (Å²) in [6.07, 6.45) is 6.58. The molecular formula is C17H30N4. The SMILES string of the molecule is CCCNc1nc(C(C)C)nc(NCC2CCCC2)c1C. The molecule has 4 nitrogen and oxygen atoms in total. The van der Waals surface area contributed by atoms with Crippen molar-refractivity contribution in [2.24, 2.45) is 5.92 Å². The van der Waals surface area contributed by atoms with Crippen LogP contribution in [0, 0.1) is 12.8 Å². The molecule has 1 heterocycles. The highest BCUT2D eigenvalue weighted by molar-refractivity contribution is 5.57. The lowest BCUT2D eigenvalue weighted by Crippen LogP contribution is -2.16. The molecule has 118 valence electrons. The standard InChI is InChI=1S/C17H30N4/c1-5-10-18-16-13(4)17(21-15(20-16)12(2)3)19-11-14-8-6-7-9-14/h12,14H,5-11H2,1-4H3,(H2,18,19,20,21). The fourth-order valence-corrected chi connectivity index (χ4v) is 2.84. The van der Waals surface area contributed by atoms with Gasteiger partial charge in [0.2, 0.25) is 0 Å². The quantitative estimate of drug-likeness (QED) is 0.784. The van der Waals surface area contributed by atoms with Crippen LogP contribution in [0.3, 0.4) is 0 Å². The van der Waals surface area contributed by atoms with Gasteiger partial charge in [-0.3, -0.25) is 0 Å². The molecule has 0 aromatic carbocycles. The second-order valence-electron chi connectivity index (χ2n) is 6.52. The molecule has 1 fully saturated rings. The van der Waals surface area contributed by atoms with Gasteiger partial charge in [-0.25, -0.2) is 9.97 Å². The Morgan fingerprint density at radius 1 is 1.10 bits per heavy atom. The Bertz CT molecular complexity index is 450. The summed E-state index contributed by atoms with van der Waals surface area (Å²) in [6.45, 7) is 10.6. The predicted octanol–water partition coefficient (Wildman–Crippen LogP) is 4.33. The number of hydrogen-bond donors (Lipinski definition) is 2. The fourth-order valence-electron chi connectivity index (χ4n) is 2.84. The molecule has 21 heavy (non-hydrogen) atoms. The Kier molecular flexibility index (Phi) is 5.83. The second-order valence-corrected chi connectivity index (χ2v) is 6.52. The van der Waals surface area contributed by atoms with E-state index in [4.69, 9.17) is 4.98 Å². The van der Waals surface area contributed by atoms with E-state index in [1.807, 2.05) is 0 Å². The molecule has 4 heteroatoms. The molecule has 1 aromatic heterocycles. The van der Waals surface area contributed by atoms with E-state index in [9.17, 15) is 0 Å². The molecule has 0 aliphatic heterocycles. The van der Waals surface area contributed by atoms with Crippen molar-refractivity contribution >= 4 is 11.6 Å². The van der Waals surface area contributed by atoms with Gasteiger partial charge in [0.1, 0.15) is 17.5 Å². The van der Waals surface area contributed by atoms with Gasteiger partial charge in [-0.15, -0.1) is 0 Å². The van der Waals surface area contributed by atoms with Crippen LogP contribution in [-0.4, -0.2) is 23.1 Å². The summed E-state index contributed by atoms with van der Waals surface area (Å²) in [5, 5.41) is 7.01. The van der Waals surface area contributed by atoms with Crippen LogP contribution in [0.2, 0.25) is 0 Å². The van der Waals surface area contributed by atoms with Crippen molar-refractivity contribution in [3.63, 3.8) is 0 Å². The molecule has 0 amide bonds. The van der Waals surface area contributed by atoms with Crippen LogP contribution in [0.15, 0.2) is 0 Å². The van der Waals surface area contributed by atoms with Crippen LogP contribution >= 0.6 is 0 Å². The van der Waals surface area contributed by atoms with E-state index in [1.54, 1.807) is 0 Å². The minimum Gasteiger partial charge on any atom is -0.370 e. The summed E-state index contributed by atoms with van der Waals surface area (Å²) in [6, 6.07) is 0. The van der Waals surface area contributed by atoms with Crippen molar-refractivity contribution < 1.29 is 0 Å². The van der Waals surface area contributed by atoms with Crippen LogP contribution in [0.1, 0.15) is 70.2 Å². The number of aromatic nitrogens is 2. The normalized spacial score (nSPS) is 15.7. The van der Waals surface area contributed by atoms with Gasteiger partial charge in [0.15, 0.2) is 0 Å². The molecule has 0 unspecified atom stereocenters. The van der Waals surface area contributed by atoms with Crippen molar-refractivity contribution in [1.29, 1.82) is 0 Å². The van der Waals surface area contributed by atoms with Crippen molar-refractivity contribution in [2.45, 2.75) is 65.7 Å². The van der Waals surface area contributed by atoms with E-state index in [-0.39, 0.29) is 0 Å². The van der Waals surface area contributed by atoms with E-state index < -0.39 is 0 Å². The van der Waals surface area contributed by atoms with Crippen molar-refractivity contribution in [2.75, 3.05) is 23.7 Å². The summed E-state index contributed by atoms with van der Waals surface area (Å²) >= 11 is 0. The van der Waals surface area contributed by atoms with Crippen LogP contribution in [-0.2, 0) is 0 Å². The Morgan fingerprint density at radius 2 is 1.71 bits per heavy atom. The molecule has 2 rings (SSSR count). The first-order chi connectivity index (χ1) is 10.1. The third-order valence-electron chi connectivity index (χ3n) is 4.25. The van der Waals surface area contributed by atoms with Crippen molar-refractivity contribution in [3.05, 3.63) is 11.4 Å². The zero-order valence-corrected chi connectivity index (χ0v) is 14.0. The molecule has 0 spiro atoms. The van der Waals surface area contributed by atoms with E-state index in [0.29, 0.717) is 5.92 Å². The number of hydrogen-bond acceptors (Lipinski definition) is 4. The van der Waals surface area contributed by atoms with Gasteiger partial charge >= 0.3 is 0 Å². The molecule has 1 aromatic rings. The summed E-state index contributed by atoms with van der Waals surface area (Å²) in [5.74, 6) is 4.09. The number of anilines is 2. The Labute approximate surface area is 129 Å². The predicted molar refractivity (Wildman–Crippen MR) is 90.1 cm³/mol. The molecule has 0 atom stereocenters. The van der Waals surface area contributed by atoms with Crippen LogP contribution in [0.4, 0.5) is 11.6 Å². The lowest BCUT2D eigenvalue weighted by Gasteiger charge is -2.18. The maximum absolute atomic E-state index is 4.74. The third kappa shape index (κ3) is 4.32. The average molecular weight is 290 g/mol. The lowest BCUT2D eigenvalue weighted by atomic mass is 10.1. The monoisotopic (exact) mass is 290 g/mol. The Morgan fingerprint density at radius 3 is 2.29 bits per heavy atom. The van der Waals surface area contributed by atoms with Gasteiger partial charge in [-0.05, 0) is 32.1 Å². The summed E-state index contributed by atoms with van der Waals surface area (Å²) in [5.41, 5.74) is 1.14. The highest BCUT2D eigenvalue weighted by atomic mass is 15.1. The van der Waals surface area contributed by atoms with Gasteiger partial charge in [0.25, 0.3) is 0 Å². The van der Waals surface area contributed by atoms with Crippen LogP contribution in [0.5, 0.6) is 0 Å². The van der Waals surface area contributed by atoms with Crippen molar-refractivity contribution in [1.82, 2.24) is 9.97 Å². The first-order valence-electron chi connectivity index (χ1n) is 8.48. The highest BCUT2D eigenvalue weighted by Gasteiger charge is 2.17. The summed E-state index contributed by atoms with van der Waals surface area (Å²) in [7, 11) is 0. The van der Waals surface area contributed by atoms with Gasteiger partial charge in [-0.2, -0.15) is 0 Å². The number of nitrogens with one attached hydrogen (secondary N) is 2. The number of nitrogens with zero attached hydrogens (tertiary/aromatic N) is 2. The maximum atomic E-state index is 4.74. The molecule has 0 radical (unpaired) electrons. The Balaban J connectivity index is 2.14. The zero-order valence-electron chi connectivity index (χ0n) is 14.0. The molecule has 0 saturated heterocycles. The Hall–Kier alpha value is -1.32. The van der Waals surface area contributed by atoms with E-state index in [0.717, 1.165) is 48.5 Å². The zero-order chi connectivity index (χ0) is 15.2. The number of rotatable bonds is 7. The van der Waals surface area contributed by atoms with E-state index >= 15 is 0 Å². The molecular weight excluding hydrogens is 260 g/mol. The third-order valence-corrected chi connectivity index (χ3v) is 4.25. The van der Waals surface area contributed by atoms with E-state index in [2.05, 4.69) is 43.3 Å². The van der Waals surface area contributed by atoms with Gasteiger partial charge in [0, 0.05) is 24.6 Å². The van der Waals surface area contributed by atoms with E-state index in [1.165, 1.54) is 25.7 Å². The molecule has 1 aliphatic carbocycles. The second kappa shape index (κ2) is 7.62. The summed E-state index contributed by atoms with van der Waals surface area (Å²) < 4.78 is 0. The molecule has 1 saturated carbocycles. The summed E-state index contributed by atoms with van der Waals surface area (Å²) in [4.78, 5) is 9.43. The van der Waals surface area contributed by atoms with Gasteiger partial charge in [0.05, 0.1) is 0 Å². The largest absolute Gasteiger partial charge is 0.370 e. The van der Waals surface area contributed by atoms with Gasteiger partial charge < -0.3 is 10.6 Å². The average Bonchev–Trinajstić information content (AvgIpc) is 2.98. The fraction of sp³-hybridized carbons (Fsp3) is 0.765. The topological polar surface area (TPSA) is 49.8 Å². The van der Waals surface area contributed by atoms with Crippen molar-refractivity contribution in [3.8, 4) is 0 Å². The van der Waals surface area contributed by atoms with Gasteiger partial charge in [-0.1, -0.05) is 33.6 Å². The first kappa shape index (κ1) is 16.1. The maximum Gasteiger partial charge on any atom is 0.135 e. The molecule has 2 N–H and O–H groups in total. The minimum atomic E-state index is 0.347. The molecule has 0 bridgehead atoms. The minimum absolute atomic E-state index is 0.347. The van der Waals surface area contributed by atoms with Crippen LogP contribution in [0.25, 0.3) is 0 Å².